The molecule has 6 heteroatoms. The van der Waals surface area contributed by atoms with Crippen LogP contribution in [0.4, 0.5) is 0 Å². The Morgan fingerprint density at radius 1 is 1.00 bits per heavy atom. The normalized spacial score (nSPS) is 14.1. The summed E-state index contributed by atoms with van der Waals surface area (Å²) in [6.45, 7) is 2.74. The summed E-state index contributed by atoms with van der Waals surface area (Å²) < 4.78 is 16.9. The van der Waals surface area contributed by atoms with Gasteiger partial charge in [-0.3, -0.25) is 12.5 Å². The zero-order chi connectivity index (χ0) is 12.7. The molecule has 0 radical (unpaired) electrons. The molecule has 0 atom stereocenters. The molecule has 0 heterocycles. The number of quaternary nitrogens is 1. The lowest BCUT2D eigenvalue weighted by Crippen LogP contribution is -2.44. The average Bonchev–Trinajstić information content (AvgIpc) is 2.25. The predicted octanol–water partition coefficient (Wildman–Crippen LogP) is 0.900. The summed E-state index contributed by atoms with van der Waals surface area (Å²) in [5, 5.41) is 0. The molecule has 0 amide bonds. The van der Waals surface area contributed by atoms with Gasteiger partial charge in [0.2, 0.25) is 0 Å². The number of hydrogen-bond acceptors (Lipinski definition) is 4. The Morgan fingerprint density at radius 3 is 1.88 bits per heavy atom. The van der Waals surface area contributed by atoms with E-state index in [0.717, 1.165) is 29.7 Å². The van der Waals surface area contributed by atoms with Gasteiger partial charge < -0.3 is 10.2 Å². The number of nitrogens with zero attached hydrogens (tertiary/aromatic N) is 1. The van der Waals surface area contributed by atoms with Crippen molar-refractivity contribution in [3.63, 3.8) is 0 Å². The molecule has 0 aliphatic carbocycles. The van der Waals surface area contributed by atoms with E-state index in [9.17, 15) is 0 Å². The first-order valence-corrected chi connectivity index (χ1v) is 7.03. The lowest BCUT2D eigenvalue weighted by atomic mass is 10.3. The van der Waals surface area contributed by atoms with Crippen LogP contribution in [0.1, 0.15) is 6.42 Å². The molecule has 0 aromatic heterocycles. The highest BCUT2D eigenvalue weighted by atomic mass is 32.3. The lowest BCUT2D eigenvalue weighted by Gasteiger charge is -2.35. The molecule has 100 valence electrons. The van der Waals surface area contributed by atoms with Crippen LogP contribution in [0.3, 0.4) is 0 Å². The highest BCUT2D eigenvalue weighted by molar-refractivity contribution is 8.21. The highest BCUT2D eigenvalue weighted by Gasteiger charge is 2.24. The van der Waals surface area contributed by atoms with Gasteiger partial charge in [-0.2, -0.15) is 0 Å². The molecule has 0 aliphatic rings. The quantitative estimate of drug-likeness (QED) is 0.622. The molecular formula is C10H27N2O3S+. The van der Waals surface area contributed by atoms with Gasteiger partial charge in [0.1, 0.15) is 0 Å². The molecule has 16 heavy (non-hydrogen) atoms. The zero-order valence-electron chi connectivity index (χ0n) is 11.2. The van der Waals surface area contributed by atoms with Crippen molar-refractivity contribution in [3.05, 3.63) is 0 Å². The Balaban J connectivity index is 4.04. The molecule has 0 spiro atoms. The molecule has 5 nitrogen and oxygen atoms in total. The fourth-order valence-electron chi connectivity index (χ4n) is 1.58. The molecule has 0 rings (SSSR count). The third-order valence-corrected chi connectivity index (χ3v) is 4.97. The van der Waals surface area contributed by atoms with Gasteiger partial charge in [0.05, 0.1) is 65.1 Å². The molecule has 0 saturated carbocycles. The second-order valence-electron chi connectivity index (χ2n) is 4.29. The van der Waals surface area contributed by atoms with Gasteiger partial charge in [0, 0.05) is 13.0 Å². The molecule has 2 N–H and O–H groups in total. The van der Waals surface area contributed by atoms with E-state index in [4.69, 9.17) is 18.3 Å². The summed E-state index contributed by atoms with van der Waals surface area (Å²) in [5.41, 5.74) is 5.57. The van der Waals surface area contributed by atoms with Crippen LogP contribution in [-0.4, -0.2) is 65.3 Å². The van der Waals surface area contributed by atoms with Crippen LogP contribution in [0.2, 0.25) is 0 Å². The zero-order valence-corrected chi connectivity index (χ0v) is 12.0. The summed E-state index contributed by atoms with van der Waals surface area (Å²) >= 11 is 0. The molecule has 0 unspecified atom stereocenters. The van der Waals surface area contributed by atoms with Crippen LogP contribution in [0.25, 0.3) is 0 Å². The van der Waals surface area contributed by atoms with E-state index < -0.39 is 10.9 Å². The van der Waals surface area contributed by atoms with Crippen molar-refractivity contribution in [2.24, 2.45) is 5.73 Å². The predicted molar refractivity (Wildman–Crippen MR) is 69.0 cm³/mol. The second-order valence-corrected chi connectivity index (χ2v) is 6.81. The maximum Gasteiger partial charge on any atom is 0.0907 e. The van der Waals surface area contributed by atoms with Gasteiger partial charge in [0.15, 0.2) is 0 Å². The SMILES string of the molecule is COS(CCC[N+](C)(C)CCN)(OC)OC. The number of hydrogen-bond donors (Lipinski definition) is 1. The van der Waals surface area contributed by atoms with E-state index >= 15 is 0 Å². The molecule has 0 aromatic rings. The molecule has 0 aliphatic heterocycles. The van der Waals surface area contributed by atoms with E-state index in [1.807, 2.05) is 0 Å². The number of nitrogens with two attached hydrogens (primary N) is 1. The number of rotatable bonds is 9. The Morgan fingerprint density at radius 2 is 1.50 bits per heavy atom. The molecule has 0 bridgehead atoms. The minimum atomic E-state index is -1.79. The smallest absolute Gasteiger partial charge is 0.0907 e. The second kappa shape index (κ2) is 7.47. The highest BCUT2D eigenvalue weighted by Crippen LogP contribution is 2.49. The average molecular weight is 255 g/mol. The summed E-state index contributed by atoms with van der Waals surface area (Å²) in [7, 11) is 7.45. The van der Waals surface area contributed by atoms with Crippen molar-refractivity contribution in [2.45, 2.75) is 6.42 Å². The Bertz CT molecular complexity index is 179. The first-order chi connectivity index (χ1) is 7.45. The van der Waals surface area contributed by atoms with Crippen molar-refractivity contribution in [3.8, 4) is 0 Å². The number of likely N-dealkylation sites (N-methyl/N-ethyl adjacent to an activating group) is 1. The molecular weight excluding hydrogens is 228 g/mol. The summed E-state index contributed by atoms with van der Waals surface area (Å²) in [6, 6.07) is 0. The Kier molecular flexibility index (Phi) is 7.54. The van der Waals surface area contributed by atoms with E-state index in [2.05, 4.69) is 14.1 Å². The fraction of sp³-hybridized carbons (Fsp3) is 1.00. The van der Waals surface area contributed by atoms with Crippen LogP contribution in [0.5, 0.6) is 0 Å². The van der Waals surface area contributed by atoms with Gasteiger partial charge in [-0.15, -0.1) is 0 Å². The fourth-order valence-corrected chi connectivity index (χ4v) is 2.98. The van der Waals surface area contributed by atoms with Crippen LogP contribution in [0, 0.1) is 0 Å². The van der Waals surface area contributed by atoms with Crippen molar-refractivity contribution in [1.29, 1.82) is 0 Å². The van der Waals surface area contributed by atoms with Crippen molar-refractivity contribution < 1.29 is 17.0 Å². The van der Waals surface area contributed by atoms with Crippen LogP contribution in [-0.2, 0) is 12.5 Å². The Labute approximate surface area is 101 Å². The van der Waals surface area contributed by atoms with Crippen LogP contribution in [0.15, 0.2) is 0 Å². The van der Waals surface area contributed by atoms with E-state index in [-0.39, 0.29) is 0 Å². The van der Waals surface area contributed by atoms with Gasteiger partial charge >= 0.3 is 0 Å². The topological polar surface area (TPSA) is 53.7 Å². The van der Waals surface area contributed by atoms with Crippen LogP contribution < -0.4 is 5.73 Å². The standard InChI is InChI=1S/C10H27N2O3S/c1-12(2,9-7-11)8-6-10-16(13-3,14-4)15-5/h6-11H2,1-5H3/q+1. The van der Waals surface area contributed by atoms with Crippen molar-refractivity contribution in [2.75, 3.05) is 60.8 Å². The first kappa shape index (κ1) is 16.1. The maximum absolute atomic E-state index is 5.57. The summed E-state index contributed by atoms with van der Waals surface area (Å²) in [6.07, 6.45) is 0.998. The van der Waals surface area contributed by atoms with E-state index in [0.29, 0.717) is 6.54 Å². The Hall–Kier alpha value is 0.150. The third-order valence-electron chi connectivity index (χ3n) is 2.65. The monoisotopic (exact) mass is 255 g/mol. The molecule has 0 aromatic carbocycles. The van der Waals surface area contributed by atoms with E-state index in [1.54, 1.807) is 21.3 Å². The molecule has 0 saturated heterocycles. The minimum Gasteiger partial charge on any atom is -0.327 e. The molecule has 0 fully saturated rings. The summed E-state index contributed by atoms with van der Waals surface area (Å²) in [5.74, 6) is 0.794. The largest absolute Gasteiger partial charge is 0.327 e. The lowest BCUT2D eigenvalue weighted by molar-refractivity contribution is -0.888. The first-order valence-electron chi connectivity index (χ1n) is 5.45. The van der Waals surface area contributed by atoms with Gasteiger partial charge in [0.25, 0.3) is 0 Å². The maximum atomic E-state index is 5.57. The minimum absolute atomic E-state index is 0.712. The van der Waals surface area contributed by atoms with Crippen LogP contribution >= 0.6 is 10.9 Å². The van der Waals surface area contributed by atoms with Crippen molar-refractivity contribution in [1.82, 2.24) is 0 Å². The van der Waals surface area contributed by atoms with Gasteiger partial charge in [-0.25, -0.2) is 0 Å². The van der Waals surface area contributed by atoms with E-state index in [1.165, 1.54) is 0 Å². The third kappa shape index (κ3) is 5.47. The van der Waals surface area contributed by atoms with Gasteiger partial charge in [-0.1, -0.05) is 0 Å². The van der Waals surface area contributed by atoms with Gasteiger partial charge in [-0.05, 0) is 0 Å². The van der Waals surface area contributed by atoms with Crippen molar-refractivity contribution >= 4 is 10.9 Å². The summed E-state index contributed by atoms with van der Waals surface area (Å²) in [4.78, 5) is 0.